The smallest absolute Gasteiger partial charge is 0.147 e. The second-order valence-corrected chi connectivity index (χ2v) is 5.90. The third-order valence-electron chi connectivity index (χ3n) is 3.66. The van der Waals surface area contributed by atoms with Crippen LogP contribution in [0.5, 0.6) is 0 Å². The van der Waals surface area contributed by atoms with Crippen molar-refractivity contribution in [3.8, 4) is 11.1 Å². The molecule has 0 bridgehead atoms. The van der Waals surface area contributed by atoms with Crippen molar-refractivity contribution in [3.63, 3.8) is 0 Å². The fourth-order valence-corrected chi connectivity index (χ4v) is 3.41. The average molecular weight is 289 g/mol. The predicted octanol–water partition coefficient (Wildman–Crippen LogP) is 3.37. The molecule has 1 aromatic carbocycles. The molecule has 2 unspecified atom stereocenters. The molecular weight excluding hydrogens is 270 g/mol. The molecule has 3 rings (SSSR count). The zero-order chi connectivity index (χ0) is 13.9. The fraction of sp³-hybridized carbons (Fsp3) is 0.400. The molecule has 0 radical (unpaired) electrons. The van der Waals surface area contributed by atoms with E-state index in [2.05, 4.69) is 28.7 Å². The van der Waals surface area contributed by atoms with Gasteiger partial charge in [0.25, 0.3) is 0 Å². The van der Waals surface area contributed by atoms with Gasteiger partial charge >= 0.3 is 0 Å². The van der Waals surface area contributed by atoms with Crippen molar-refractivity contribution in [3.05, 3.63) is 30.3 Å². The van der Waals surface area contributed by atoms with E-state index in [0.29, 0.717) is 5.82 Å². The molecule has 0 amide bonds. The number of nitrogens with zero attached hydrogens (tertiary/aromatic N) is 1. The Balaban J connectivity index is 1.84. The van der Waals surface area contributed by atoms with Crippen LogP contribution < -0.4 is 11.1 Å². The molecule has 0 spiro atoms. The van der Waals surface area contributed by atoms with Crippen molar-refractivity contribution in [2.24, 2.45) is 0 Å². The largest absolute Gasteiger partial charge is 0.382 e. The summed E-state index contributed by atoms with van der Waals surface area (Å²) in [6.45, 7) is 3.02. The molecule has 5 heteroatoms. The Hall–Kier alpha value is -1.59. The van der Waals surface area contributed by atoms with Gasteiger partial charge in [0.2, 0.25) is 0 Å². The highest BCUT2D eigenvalue weighted by atomic mass is 32.1. The highest BCUT2D eigenvalue weighted by molar-refractivity contribution is 7.11. The van der Waals surface area contributed by atoms with Gasteiger partial charge < -0.3 is 15.8 Å². The Morgan fingerprint density at radius 1 is 1.40 bits per heavy atom. The number of hydrogen-bond donors (Lipinski definition) is 2. The number of anilines is 2. The SMILES string of the molecule is CC(Nc1snc(N)c1-c1ccccc1)C1CCCO1. The molecule has 1 fully saturated rings. The number of aromatic nitrogens is 1. The quantitative estimate of drug-likeness (QED) is 0.906. The predicted molar refractivity (Wildman–Crippen MR) is 84.0 cm³/mol. The van der Waals surface area contributed by atoms with Crippen LogP contribution in [0, 0.1) is 0 Å². The van der Waals surface area contributed by atoms with Crippen LogP contribution in [0.4, 0.5) is 10.8 Å². The van der Waals surface area contributed by atoms with Gasteiger partial charge in [-0.1, -0.05) is 30.3 Å². The van der Waals surface area contributed by atoms with Crippen molar-refractivity contribution < 1.29 is 4.74 Å². The van der Waals surface area contributed by atoms with Crippen molar-refractivity contribution in [1.82, 2.24) is 4.37 Å². The summed E-state index contributed by atoms with van der Waals surface area (Å²) in [5.74, 6) is 0.586. The summed E-state index contributed by atoms with van der Waals surface area (Å²) < 4.78 is 10.0. The molecule has 1 aliphatic heterocycles. The Labute approximate surface area is 123 Å². The number of rotatable bonds is 4. The summed E-state index contributed by atoms with van der Waals surface area (Å²) in [5.41, 5.74) is 8.13. The van der Waals surface area contributed by atoms with Gasteiger partial charge in [0.1, 0.15) is 10.8 Å². The molecule has 1 aliphatic rings. The Morgan fingerprint density at radius 3 is 2.90 bits per heavy atom. The van der Waals surface area contributed by atoms with Crippen LogP contribution in [0.3, 0.4) is 0 Å². The minimum Gasteiger partial charge on any atom is -0.382 e. The van der Waals surface area contributed by atoms with Gasteiger partial charge in [0.05, 0.1) is 17.7 Å². The molecule has 106 valence electrons. The van der Waals surface area contributed by atoms with Crippen molar-refractivity contribution in [1.29, 1.82) is 0 Å². The van der Waals surface area contributed by atoms with Crippen molar-refractivity contribution >= 4 is 22.4 Å². The lowest BCUT2D eigenvalue weighted by Gasteiger charge is -2.20. The van der Waals surface area contributed by atoms with Crippen LogP contribution in [0.15, 0.2) is 30.3 Å². The van der Waals surface area contributed by atoms with E-state index in [4.69, 9.17) is 10.5 Å². The summed E-state index contributed by atoms with van der Waals surface area (Å²) in [7, 11) is 0. The maximum Gasteiger partial charge on any atom is 0.147 e. The van der Waals surface area contributed by atoms with Crippen LogP contribution in [-0.2, 0) is 4.74 Å². The molecule has 2 aromatic rings. The molecule has 2 heterocycles. The minimum atomic E-state index is 0.264. The van der Waals surface area contributed by atoms with E-state index in [1.807, 2.05) is 18.2 Å². The first kappa shape index (κ1) is 13.4. The molecule has 0 saturated carbocycles. The molecule has 4 nitrogen and oxygen atoms in total. The molecule has 2 atom stereocenters. The van der Waals surface area contributed by atoms with Gasteiger partial charge in [0, 0.05) is 6.61 Å². The Bertz CT molecular complexity index is 564. The Morgan fingerprint density at radius 2 is 2.20 bits per heavy atom. The topological polar surface area (TPSA) is 60.2 Å². The maximum absolute atomic E-state index is 6.03. The number of nitrogens with two attached hydrogens (primary N) is 1. The number of hydrogen-bond acceptors (Lipinski definition) is 5. The second kappa shape index (κ2) is 5.81. The molecule has 3 N–H and O–H groups in total. The van der Waals surface area contributed by atoms with Crippen molar-refractivity contribution in [2.45, 2.75) is 31.9 Å². The third-order valence-corrected chi connectivity index (χ3v) is 4.45. The lowest BCUT2D eigenvalue weighted by atomic mass is 10.1. The van der Waals surface area contributed by atoms with Gasteiger partial charge in [-0.25, -0.2) is 0 Å². The van der Waals surface area contributed by atoms with E-state index in [1.54, 1.807) is 0 Å². The van der Waals surface area contributed by atoms with E-state index in [0.717, 1.165) is 35.6 Å². The van der Waals surface area contributed by atoms with E-state index >= 15 is 0 Å². The Kier molecular flexibility index (Phi) is 3.89. The average Bonchev–Trinajstić information content (AvgIpc) is 3.10. The second-order valence-electron chi connectivity index (χ2n) is 5.12. The minimum absolute atomic E-state index is 0.264. The highest BCUT2D eigenvalue weighted by Crippen LogP contribution is 2.37. The highest BCUT2D eigenvalue weighted by Gasteiger charge is 2.24. The first-order chi connectivity index (χ1) is 9.75. The van der Waals surface area contributed by atoms with Gasteiger partial charge in [-0.15, -0.1) is 0 Å². The zero-order valence-corrected chi connectivity index (χ0v) is 12.3. The normalized spacial score (nSPS) is 19.9. The monoisotopic (exact) mass is 289 g/mol. The van der Waals surface area contributed by atoms with Gasteiger partial charge in [-0.2, -0.15) is 4.37 Å². The number of benzene rings is 1. The summed E-state index contributed by atoms with van der Waals surface area (Å²) in [6.07, 6.45) is 2.54. The fourth-order valence-electron chi connectivity index (χ4n) is 2.58. The number of nitrogen functional groups attached to an aromatic ring is 1. The molecule has 1 aromatic heterocycles. The van der Waals surface area contributed by atoms with Crippen LogP contribution in [0.2, 0.25) is 0 Å². The van der Waals surface area contributed by atoms with Crippen LogP contribution in [-0.4, -0.2) is 23.1 Å². The standard InChI is InChI=1S/C15H19N3OS/c1-10(12-8-5-9-19-12)17-15-13(14(16)18-20-15)11-6-3-2-4-7-11/h2-4,6-7,10,12,17H,5,8-9H2,1H3,(H2,16,18). The lowest BCUT2D eigenvalue weighted by molar-refractivity contribution is 0.0997. The first-order valence-corrected chi connectivity index (χ1v) is 7.72. The summed E-state index contributed by atoms with van der Waals surface area (Å²) >= 11 is 1.42. The van der Waals surface area contributed by atoms with Crippen LogP contribution in [0.1, 0.15) is 19.8 Å². The number of ether oxygens (including phenoxy) is 1. The molecule has 0 aliphatic carbocycles. The van der Waals surface area contributed by atoms with E-state index in [1.165, 1.54) is 11.5 Å². The summed E-state index contributed by atoms with van der Waals surface area (Å²) in [5, 5.41) is 4.55. The number of nitrogens with one attached hydrogen (secondary N) is 1. The first-order valence-electron chi connectivity index (χ1n) is 6.94. The van der Waals surface area contributed by atoms with Gasteiger partial charge in [-0.3, -0.25) is 0 Å². The van der Waals surface area contributed by atoms with Crippen LogP contribution >= 0.6 is 11.5 Å². The zero-order valence-electron chi connectivity index (χ0n) is 11.5. The van der Waals surface area contributed by atoms with Crippen molar-refractivity contribution in [2.75, 3.05) is 17.7 Å². The summed E-state index contributed by atoms with van der Waals surface area (Å²) in [4.78, 5) is 0. The lowest BCUT2D eigenvalue weighted by Crippen LogP contribution is -2.29. The van der Waals surface area contributed by atoms with Gasteiger partial charge in [0.15, 0.2) is 0 Å². The van der Waals surface area contributed by atoms with Gasteiger partial charge in [-0.05, 0) is 36.9 Å². The molecule has 20 heavy (non-hydrogen) atoms. The van der Waals surface area contributed by atoms with Crippen LogP contribution in [0.25, 0.3) is 11.1 Å². The summed E-state index contributed by atoms with van der Waals surface area (Å²) in [6, 6.07) is 10.4. The molecular formula is C15H19N3OS. The van der Waals surface area contributed by atoms with E-state index in [-0.39, 0.29) is 12.1 Å². The van der Waals surface area contributed by atoms with E-state index < -0.39 is 0 Å². The van der Waals surface area contributed by atoms with E-state index in [9.17, 15) is 0 Å². The maximum atomic E-state index is 6.03. The third kappa shape index (κ3) is 2.64. The molecule has 1 saturated heterocycles.